The maximum absolute atomic E-state index is 11.9. The molecule has 0 saturated heterocycles. The molecule has 3 aromatic rings. The topological polar surface area (TPSA) is 99.1 Å². The van der Waals surface area contributed by atoms with Gasteiger partial charge in [0.05, 0.1) is 12.2 Å². The first-order chi connectivity index (χ1) is 23.7. The zero-order valence-electron chi connectivity index (χ0n) is 29.0. The number of ether oxygens (including phenoxy) is 3. The summed E-state index contributed by atoms with van der Waals surface area (Å²) in [5, 5.41) is 9.10. The fraction of sp³-hybridized carbons (Fsp3) is 0.452. The summed E-state index contributed by atoms with van der Waals surface area (Å²) in [4.78, 5) is 34.7. The van der Waals surface area contributed by atoms with E-state index >= 15 is 0 Å². The minimum absolute atomic E-state index is 0.0226. The molecule has 0 bridgehead atoms. The maximum atomic E-state index is 11.9. The number of esters is 2. The molecule has 0 spiro atoms. The molecule has 2 saturated carbocycles. The molecule has 0 atom stereocenters. The third-order valence-electron chi connectivity index (χ3n) is 10.4. The van der Waals surface area contributed by atoms with Crippen LogP contribution in [0.1, 0.15) is 89.5 Å². The van der Waals surface area contributed by atoms with Crippen molar-refractivity contribution in [3.8, 4) is 33.8 Å². The van der Waals surface area contributed by atoms with Crippen LogP contribution in [0.25, 0.3) is 22.3 Å². The van der Waals surface area contributed by atoms with Crippen LogP contribution < -0.4 is 9.47 Å². The van der Waals surface area contributed by atoms with Crippen LogP contribution in [-0.4, -0.2) is 42.6 Å². The van der Waals surface area contributed by atoms with Gasteiger partial charge in [0, 0.05) is 6.92 Å². The molecule has 7 heteroatoms. The second kappa shape index (κ2) is 17.4. The van der Waals surface area contributed by atoms with Crippen LogP contribution in [0.3, 0.4) is 0 Å². The van der Waals surface area contributed by atoms with Crippen molar-refractivity contribution in [2.75, 3.05) is 19.8 Å². The lowest BCUT2D eigenvalue weighted by molar-refractivity contribution is -0.146. The van der Waals surface area contributed by atoms with Crippen molar-refractivity contribution in [3.05, 3.63) is 84.4 Å². The fourth-order valence-corrected chi connectivity index (χ4v) is 7.69. The summed E-state index contributed by atoms with van der Waals surface area (Å²) in [6.07, 6.45) is 13.1. The third-order valence-corrected chi connectivity index (χ3v) is 10.4. The lowest BCUT2D eigenvalue weighted by Crippen LogP contribution is -2.25. The quantitative estimate of drug-likeness (QED) is 0.0603. The van der Waals surface area contributed by atoms with Crippen molar-refractivity contribution in [1.82, 2.24) is 0 Å². The number of carbonyl (C=O) groups is 3. The van der Waals surface area contributed by atoms with E-state index in [0.717, 1.165) is 53.0 Å². The third kappa shape index (κ3) is 9.69. The number of aliphatic hydroxyl groups is 1. The Labute approximate surface area is 290 Å². The van der Waals surface area contributed by atoms with Gasteiger partial charge in [0.1, 0.15) is 24.7 Å². The molecule has 2 fully saturated rings. The van der Waals surface area contributed by atoms with Crippen LogP contribution in [0.2, 0.25) is 0 Å². The van der Waals surface area contributed by atoms with E-state index in [4.69, 9.17) is 19.3 Å². The molecule has 5 rings (SSSR count). The zero-order chi connectivity index (χ0) is 34.8. The Morgan fingerprint density at radius 1 is 0.735 bits per heavy atom. The Kier molecular flexibility index (Phi) is 12.8. The summed E-state index contributed by atoms with van der Waals surface area (Å²) in [7, 11) is 0. The number of benzene rings is 3. The predicted octanol–water partition coefficient (Wildman–Crippen LogP) is 8.87. The van der Waals surface area contributed by atoms with Gasteiger partial charge in [-0.1, -0.05) is 81.7 Å². The van der Waals surface area contributed by atoms with E-state index in [1.54, 1.807) is 12.1 Å². The predicted molar refractivity (Wildman–Crippen MR) is 191 cm³/mol. The van der Waals surface area contributed by atoms with Gasteiger partial charge in [0.15, 0.2) is 0 Å². The van der Waals surface area contributed by atoms with Crippen LogP contribution >= 0.6 is 0 Å². The van der Waals surface area contributed by atoms with E-state index < -0.39 is 24.3 Å². The van der Waals surface area contributed by atoms with Crippen molar-refractivity contribution < 1.29 is 33.7 Å². The van der Waals surface area contributed by atoms with Crippen LogP contribution in [0.15, 0.2) is 78.9 Å². The van der Waals surface area contributed by atoms with Crippen LogP contribution in [0.4, 0.5) is 0 Å². The highest BCUT2D eigenvalue weighted by atomic mass is 16.6. The molecule has 0 radical (unpaired) electrons. The standard InChI is InChI=1S/C42H50O7/c1-4-5-30-6-8-31(9-7-30)32-12-16-36(17-13-32)40-26-38(47-24-25-48-41(45)28(2)27-43)22-23-39(40)35-14-10-33(11-15-35)34-18-20-37(21-19-34)49-42(46)29(3)44/h10-11,14-15,18-23,26,30-32,36,43H,2,4-9,12-13,16-17,24-25,27H2,1,3H3. The van der Waals surface area contributed by atoms with E-state index in [9.17, 15) is 14.4 Å². The molecular weight excluding hydrogens is 616 g/mol. The summed E-state index contributed by atoms with van der Waals surface area (Å²) >= 11 is 0. The Morgan fingerprint density at radius 2 is 1.31 bits per heavy atom. The monoisotopic (exact) mass is 666 g/mol. The summed E-state index contributed by atoms with van der Waals surface area (Å²) in [5.41, 5.74) is 5.64. The fourth-order valence-electron chi connectivity index (χ4n) is 7.69. The van der Waals surface area contributed by atoms with E-state index in [0.29, 0.717) is 11.7 Å². The average Bonchev–Trinajstić information content (AvgIpc) is 3.14. The summed E-state index contributed by atoms with van der Waals surface area (Å²) < 4.78 is 16.3. The minimum atomic E-state index is -0.875. The molecule has 7 nitrogen and oxygen atoms in total. The molecule has 0 aliphatic heterocycles. The molecule has 0 unspecified atom stereocenters. The lowest BCUT2D eigenvalue weighted by atomic mass is 9.67. The van der Waals surface area contributed by atoms with E-state index in [1.807, 2.05) is 18.2 Å². The van der Waals surface area contributed by atoms with Gasteiger partial charge in [-0.3, -0.25) is 4.79 Å². The van der Waals surface area contributed by atoms with Gasteiger partial charge in [-0.15, -0.1) is 0 Å². The van der Waals surface area contributed by atoms with Gasteiger partial charge in [-0.05, 0) is 114 Å². The molecule has 260 valence electrons. The largest absolute Gasteiger partial charge is 0.490 e. The average molecular weight is 667 g/mol. The molecule has 0 aromatic heterocycles. The number of hydrogen-bond donors (Lipinski definition) is 1. The van der Waals surface area contributed by atoms with Gasteiger partial charge in [-0.25, -0.2) is 9.59 Å². The highest BCUT2D eigenvalue weighted by molar-refractivity contribution is 6.33. The normalized spacial score (nSPS) is 20.6. The second-order valence-electron chi connectivity index (χ2n) is 13.7. The van der Waals surface area contributed by atoms with Crippen LogP contribution in [0, 0.1) is 17.8 Å². The number of rotatable bonds is 14. The maximum Gasteiger partial charge on any atom is 0.379 e. The number of ketones is 1. The molecule has 0 amide bonds. The van der Waals surface area contributed by atoms with Crippen molar-refractivity contribution >= 4 is 17.7 Å². The Bertz CT molecular complexity index is 1570. The molecule has 2 aliphatic carbocycles. The van der Waals surface area contributed by atoms with Crippen molar-refractivity contribution in [3.63, 3.8) is 0 Å². The van der Waals surface area contributed by atoms with Crippen molar-refractivity contribution in [2.24, 2.45) is 17.8 Å². The number of aliphatic hydroxyl groups excluding tert-OH is 1. The smallest absolute Gasteiger partial charge is 0.379 e. The van der Waals surface area contributed by atoms with E-state index in [-0.39, 0.29) is 18.8 Å². The molecule has 1 N–H and O–H groups in total. The Balaban J connectivity index is 1.29. The summed E-state index contributed by atoms with van der Waals surface area (Å²) in [6.45, 7) is 6.85. The molecule has 0 heterocycles. The number of hydrogen-bond acceptors (Lipinski definition) is 7. The Morgan fingerprint density at radius 3 is 1.90 bits per heavy atom. The van der Waals surface area contributed by atoms with E-state index in [2.05, 4.69) is 49.9 Å². The first-order valence-electron chi connectivity index (χ1n) is 17.9. The molecular formula is C42H50O7. The lowest BCUT2D eigenvalue weighted by Gasteiger charge is -2.38. The van der Waals surface area contributed by atoms with Crippen LogP contribution in [-0.2, 0) is 19.1 Å². The number of Topliss-reactive ketones (excluding diaryl/α,β-unsaturated/α-hetero) is 1. The van der Waals surface area contributed by atoms with Crippen molar-refractivity contribution in [1.29, 1.82) is 0 Å². The Hall–Kier alpha value is -4.23. The second-order valence-corrected chi connectivity index (χ2v) is 13.7. The SMILES string of the molecule is C=C(CO)C(=O)OCCOc1ccc(-c2ccc(-c3ccc(OC(=O)C(C)=O)cc3)cc2)c(C2CCC(C3CCC(CCC)CC3)CC2)c1. The highest BCUT2D eigenvalue weighted by Crippen LogP contribution is 2.46. The van der Waals surface area contributed by atoms with Gasteiger partial charge in [-0.2, -0.15) is 0 Å². The van der Waals surface area contributed by atoms with Gasteiger partial charge in [0.25, 0.3) is 0 Å². The van der Waals surface area contributed by atoms with Gasteiger partial charge in [0.2, 0.25) is 5.78 Å². The highest BCUT2D eigenvalue weighted by Gasteiger charge is 2.32. The van der Waals surface area contributed by atoms with Crippen LogP contribution in [0.5, 0.6) is 11.5 Å². The zero-order valence-corrected chi connectivity index (χ0v) is 29.0. The van der Waals surface area contributed by atoms with E-state index in [1.165, 1.54) is 69.4 Å². The number of carbonyl (C=O) groups excluding carboxylic acids is 3. The summed E-state index contributed by atoms with van der Waals surface area (Å²) in [5.74, 6) is 2.01. The first-order valence-corrected chi connectivity index (χ1v) is 17.9. The first kappa shape index (κ1) is 36.1. The molecule has 49 heavy (non-hydrogen) atoms. The van der Waals surface area contributed by atoms with Crippen molar-refractivity contribution in [2.45, 2.75) is 84.0 Å². The summed E-state index contributed by atoms with van der Waals surface area (Å²) in [6, 6.07) is 21.9. The van der Waals surface area contributed by atoms with Gasteiger partial charge < -0.3 is 19.3 Å². The molecule has 2 aliphatic rings. The molecule has 3 aromatic carbocycles. The minimum Gasteiger partial charge on any atom is -0.490 e. The van der Waals surface area contributed by atoms with Gasteiger partial charge >= 0.3 is 11.9 Å².